The second-order valence-electron chi connectivity index (χ2n) is 5.41. The summed E-state index contributed by atoms with van der Waals surface area (Å²) in [5.41, 5.74) is 0.937. The van der Waals surface area contributed by atoms with Crippen molar-refractivity contribution in [1.29, 1.82) is 0 Å². The molecule has 0 aliphatic rings. The minimum Gasteiger partial charge on any atom is -0.493 e. The summed E-state index contributed by atoms with van der Waals surface area (Å²) in [6.07, 6.45) is 6.36. The molecule has 7 heteroatoms. The van der Waals surface area contributed by atoms with Crippen LogP contribution in [-0.2, 0) is 11.3 Å². The number of rotatable bonds is 10. The minimum absolute atomic E-state index is 0.635. The summed E-state index contributed by atoms with van der Waals surface area (Å²) < 4.78 is 12.8. The first-order valence-corrected chi connectivity index (χ1v) is 8.54. The molecule has 2 rings (SSSR count). The van der Waals surface area contributed by atoms with Crippen molar-refractivity contribution in [1.82, 2.24) is 14.9 Å². The predicted octanol–water partition coefficient (Wildman–Crippen LogP) is 2.38. The summed E-state index contributed by atoms with van der Waals surface area (Å²) in [5, 5.41) is 6.56. The molecule has 0 radical (unpaired) electrons. The zero-order valence-electron chi connectivity index (χ0n) is 14.9. The number of hydrogen-bond donors (Lipinski definition) is 2. The first-order valence-electron chi connectivity index (χ1n) is 8.54. The van der Waals surface area contributed by atoms with Gasteiger partial charge in [0.1, 0.15) is 5.75 Å². The van der Waals surface area contributed by atoms with Crippen molar-refractivity contribution >= 4 is 11.6 Å². The average Bonchev–Trinajstić information content (AvgIpc) is 3.13. The van der Waals surface area contributed by atoms with Gasteiger partial charge in [0.15, 0.2) is 5.96 Å². The van der Waals surface area contributed by atoms with Gasteiger partial charge in [-0.15, -0.1) is 0 Å². The molecule has 1 heterocycles. The molecular weight excluding hydrogens is 318 g/mol. The van der Waals surface area contributed by atoms with E-state index < -0.39 is 0 Å². The first kappa shape index (κ1) is 18.8. The van der Waals surface area contributed by atoms with Gasteiger partial charge in [0.05, 0.1) is 19.5 Å². The smallest absolute Gasteiger partial charge is 0.195 e. The molecule has 0 saturated heterocycles. The fourth-order valence-electron chi connectivity index (χ4n) is 2.20. The van der Waals surface area contributed by atoms with Crippen LogP contribution in [0.2, 0.25) is 0 Å². The van der Waals surface area contributed by atoms with E-state index in [0.29, 0.717) is 19.8 Å². The summed E-state index contributed by atoms with van der Waals surface area (Å²) in [7, 11) is 1.69. The maximum atomic E-state index is 5.73. The molecule has 0 unspecified atom stereocenters. The molecule has 0 aliphatic heterocycles. The summed E-state index contributed by atoms with van der Waals surface area (Å²) in [6, 6.07) is 7.87. The number of anilines is 1. The third-order valence-corrected chi connectivity index (χ3v) is 3.39. The number of nitrogens with one attached hydrogen (secondary N) is 2. The van der Waals surface area contributed by atoms with Gasteiger partial charge in [0.25, 0.3) is 0 Å². The zero-order chi connectivity index (χ0) is 17.7. The van der Waals surface area contributed by atoms with Gasteiger partial charge in [0, 0.05) is 57.4 Å². The molecule has 0 bridgehead atoms. The molecule has 2 N–H and O–H groups in total. The molecule has 2 aromatic rings. The van der Waals surface area contributed by atoms with E-state index in [-0.39, 0.29) is 0 Å². The van der Waals surface area contributed by atoms with E-state index in [1.54, 1.807) is 19.6 Å². The lowest BCUT2D eigenvalue weighted by atomic mass is 10.3. The zero-order valence-corrected chi connectivity index (χ0v) is 14.9. The third-order valence-electron chi connectivity index (χ3n) is 3.39. The highest BCUT2D eigenvalue weighted by molar-refractivity contribution is 5.93. The van der Waals surface area contributed by atoms with Gasteiger partial charge < -0.3 is 24.7 Å². The maximum Gasteiger partial charge on any atom is 0.195 e. The topological polar surface area (TPSA) is 72.7 Å². The van der Waals surface area contributed by atoms with E-state index in [1.807, 2.05) is 42.0 Å². The number of nitrogens with zero attached hydrogens (tertiary/aromatic N) is 3. The summed E-state index contributed by atoms with van der Waals surface area (Å²) >= 11 is 0. The number of benzene rings is 1. The van der Waals surface area contributed by atoms with E-state index in [9.17, 15) is 0 Å². The highest BCUT2D eigenvalue weighted by atomic mass is 16.5. The van der Waals surface area contributed by atoms with E-state index >= 15 is 0 Å². The summed E-state index contributed by atoms with van der Waals surface area (Å²) in [5.74, 6) is 1.58. The van der Waals surface area contributed by atoms with Crippen molar-refractivity contribution in [3.05, 3.63) is 43.0 Å². The Morgan fingerprint density at radius 1 is 1.32 bits per heavy atom. The van der Waals surface area contributed by atoms with Crippen LogP contribution in [0.25, 0.3) is 0 Å². The van der Waals surface area contributed by atoms with Crippen molar-refractivity contribution in [3.8, 4) is 5.75 Å². The number of hydrogen-bond acceptors (Lipinski definition) is 4. The normalized spacial score (nSPS) is 11.4. The number of ether oxygens (including phenoxy) is 2. The Morgan fingerprint density at radius 3 is 3.00 bits per heavy atom. The molecule has 0 amide bonds. The number of methoxy groups -OCH3 is 1. The summed E-state index contributed by atoms with van der Waals surface area (Å²) in [4.78, 5) is 8.62. The van der Waals surface area contributed by atoms with Crippen LogP contribution in [0.1, 0.15) is 13.3 Å². The minimum atomic E-state index is 0.635. The molecule has 136 valence electrons. The van der Waals surface area contributed by atoms with Gasteiger partial charge in [-0.2, -0.15) is 0 Å². The SMILES string of the molecule is CCNC(=NCCn1ccnc1)Nc1cccc(OCCCOC)c1. The van der Waals surface area contributed by atoms with Crippen LogP contribution in [0.3, 0.4) is 0 Å². The van der Waals surface area contributed by atoms with Crippen LogP contribution in [0.4, 0.5) is 5.69 Å². The Balaban J connectivity index is 1.89. The molecule has 25 heavy (non-hydrogen) atoms. The molecule has 0 saturated carbocycles. The molecular formula is C18H27N5O2. The van der Waals surface area contributed by atoms with Crippen molar-refractivity contribution in [3.63, 3.8) is 0 Å². The number of guanidine groups is 1. The van der Waals surface area contributed by atoms with Gasteiger partial charge in [-0.3, -0.25) is 4.99 Å². The van der Waals surface area contributed by atoms with Crippen molar-refractivity contribution in [2.45, 2.75) is 19.9 Å². The largest absolute Gasteiger partial charge is 0.493 e. The number of aliphatic imine (C=N–C) groups is 1. The number of aromatic nitrogens is 2. The molecule has 0 fully saturated rings. The van der Waals surface area contributed by atoms with E-state index in [4.69, 9.17) is 9.47 Å². The number of imidazole rings is 1. The standard InChI is InChI=1S/C18H27N5O2/c1-3-20-18(21-9-11-23-10-8-19-15-23)22-16-6-4-7-17(14-16)25-13-5-12-24-2/h4,6-8,10,14-15H,3,5,9,11-13H2,1-2H3,(H2,20,21,22). The van der Waals surface area contributed by atoms with Crippen LogP contribution in [0, 0.1) is 0 Å². The Kier molecular flexibility index (Phi) is 8.34. The highest BCUT2D eigenvalue weighted by Crippen LogP contribution is 2.17. The molecule has 0 atom stereocenters. The Bertz CT molecular complexity index is 628. The Morgan fingerprint density at radius 2 is 2.24 bits per heavy atom. The van der Waals surface area contributed by atoms with Gasteiger partial charge >= 0.3 is 0 Å². The van der Waals surface area contributed by atoms with Gasteiger partial charge in [-0.05, 0) is 19.1 Å². The van der Waals surface area contributed by atoms with Crippen molar-refractivity contribution in [2.75, 3.05) is 38.7 Å². The van der Waals surface area contributed by atoms with E-state index in [1.165, 1.54) is 0 Å². The van der Waals surface area contributed by atoms with Crippen LogP contribution in [0.5, 0.6) is 5.75 Å². The van der Waals surface area contributed by atoms with Gasteiger partial charge in [-0.25, -0.2) is 4.98 Å². The van der Waals surface area contributed by atoms with Crippen LogP contribution in [0.15, 0.2) is 48.0 Å². The first-order chi connectivity index (χ1) is 12.3. The lowest BCUT2D eigenvalue weighted by molar-refractivity contribution is 0.172. The second kappa shape index (κ2) is 11.1. The van der Waals surface area contributed by atoms with Crippen LogP contribution < -0.4 is 15.4 Å². The van der Waals surface area contributed by atoms with Crippen molar-refractivity contribution < 1.29 is 9.47 Å². The predicted molar refractivity (Wildman–Crippen MR) is 100 cm³/mol. The molecule has 0 aliphatic carbocycles. The fraction of sp³-hybridized carbons (Fsp3) is 0.444. The highest BCUT2D eigenvalue weighted by Gasteiger charge is 2.01. The molecule has 0 spiro atoms. The average molecular weight is 345 g/mol. The fourth-order valence-corrected chi connectivity index (χ4v) is 2.20. The Labute approximate surface area is 149 Å². The molecule has 1 aromatic carbocycles. The quantitative estimate of drug-likeness (QED) is 0.393. The van der Waals surface area contributed by atoms with Gasteiger partial charge in [-0.1, -0.05) is 6.07 Å². The van der Waals surface area contributed by atoms with Gasteiger partial charge in [0.2, 0.25) is 0 Å². The lowest BCUT2D eigenvalue weighted by Gasteiger charge is -2.13. The lowest BCUT2D eigenvalue weighted by Crippen LogP contribution is -2.31. The van der Waals surface area contributed by atoms with E-state index in [2.05, 4.69) is 20.6 Å². The Hall–Kier alpha value is -2.54. The second-order valence-corrected chi connectivity index (χ2v) is 5.41. The van der Waals surface area contributed by atoms with Crippen LogP contribution in [-0.4, -0.2) is 48.9 Å². The molecule has 7 nitrogen and oxygen atoms in total. The maximum absolute atomic E-state index is 5.73. The van der Waals surface area contributed by atoms with Crippen LogP contribution >= 0.6 is 0 Å². The molecule has 1 aromatic heterocycles. The third kappa shape index (κ3) is 7.26. The monoisotopic (exact) mass is 345 g/mol. The van der Waals surface area contributed by atoms with Crippen molar-refractivity contribution in [2.24, 2.45) is 4.99 Å². The summed E-state index contributed by atoms with van der Waals surface area (Å²) in [6.45, 7) is 5.63. The van der Waals surface area contributed by atoms with E-state index in [0.717, 1.165) is 36.9 Å².